The molecule has 0 amide bonds. The Hall–Kier alpha value is -0.970. The third-order valence-corrected chi connectivity index (χ3v) is 2.63. The van der Waals surface area contributed by atoms with E-state index in [4.69, 9.17) is 21.1 Å². The minimum atomic E-state index is -0.687. The van der Waals surface area contributed by atoms with E-state index in [0.717, 1.165) is 6.07 Å². The molecule has 0 spiro atoms. The first-order valence-electron chi connectivity index (χ1n) is 4.87. The monoisotopic (exact) mass is 244 g/mol. The average Bonchev–Trinajstić information content (AvgIpc) is 2.32. The van der Waals surface area contributed by atoms with Crippen molar-refractivity contribution in [3.63, 3.8) is 0 Å². The molecule has 1 atom stereocenters. The summed E-state index contributed by atoms with van der Waals surface area (Å²) in [7, 11) is 0. The number of rotatable bonds is 2. The highest BCUT2D eigenvalue weighted by Gasteiger charge is 2.25. The van der Waals surface area contributed by atoms with Crippen molar-refractivity contribution in [3.05, 3.63) is 34.6 Å². The van der Waals surface area contributed by atoms with E-state index in [1.54, 1.807) is 0 Å². The van der Waals surface area contributed by atoms with Crippen LogP contribution in [0.4, 0.5) is 4.39 Å². The average molecular weight is 245 g/mol. The smallest absolute Gasteiger partial charge is 0.195 e. The van der Waals surface area contributed by atoms with Crippen LogP contribution in [0.15, 0.2) is 18.2 Å². The number of carbonyl (C=O) groups is 1. The van der Waals surface area contributed by atoms with E-state index >= 15 is 0 Å². The zero-order chi connectivity index (χ0) is 11.5. The zero-order valence-corrected chi connectivity index (χ0v) is 9.17. The number of Topliss-reactive ketones (excluding diaryl/α,β-unsaturated/α-hetero) is 1. The van der Waals surface area contributed by atoms with Crippen molar-refractivity contribution >= 4 is 17.4 Å². The number of halogens is 2. The minimum absolute atomic E-state index is 0.136. The zero-order valence-electron chi connectivity index (χ0n) is 8.41. The molecule has 0 saturated carbocycles. The molecular weight excluding hydrogens is 235 g/mol. The summed E-state index contributed by atoms with van der Waals surface area (Å²) < 4.78 is 23.3. The van der Waals surface area contributed by atoms with Crippen LogP contribution in [0.2, 0.25) is 5.02 Å². The molecule has 1 saturated heterocycles. The van der Waals surface area contributed by atoms with Crippen molar-refractivity contribution in [2.45, 2.75) is 6.10 Å². The van der Waals surface area contributed by atoms with Gasteiger partial charge in [0, 0.05) is 5.56 Å². The van der Waals surface area contributed by atoms with Crippen molar-refractivity contribution in [2.75, 3.05) is 19.8 Å². The fraction of sp³-hybridized carbons (Fsp3) is 0.364. The van der Waals surface area contributed by atoms with E-state index in [1.807, 2.05) is 0 Å². The molecule has 0 N–H and O–H groups in total. The summed E-state index contributed by atoms with van der Waals surface area (Å²) in [6.07, 6.45) is -0.687. The van der Waals surface area contributed by atoms with Gasteiger partial charge in [-0.25, -0.2) is 4.39 Å². The highest BCUT2D eigenvalue weighted by molar-refractivity contribution is 6.34. The van der Waals surface area contributed by atoms with Crippen molar-refractivity contribution in [2.24, 2.45) is 0 Å². The highest BCUT2D eigenvalue weighted by atomic mass is 35.5. The molecule has 0 aliphatic carbocycles. The topological polar surface area (TPSA) is 35.5 Å². The van der Waals surface area contributed by atoms with Crippen LogP contribution in [0.25, 0.3) is 0 Å². The maximum absolute atomic E-state index is 13.0. The summed E-state index contributed by atoms with van der Waals surface area (Å²) in [5.41, 5.74) is 0.136. The molecule has 3 nitrogen and oxygen atoms in total. The van der Waals surface area contributed by atoms with Gasteiger partial charge < -0.3 is 9.47 Å². The molecule has 1 heterocycles. The van der Waals surface area contributed by atoms with Crippen LogP contribution in [0.5, 0.6) is 0 Å². The van der Waals surface area contributed by atoms with Crippen molar-refractivity contribution < 1.29 is 18.7 Å². The second-order valence-corrected chi connectivity index (χ2v) is 3.83. The van der Waals surface area contributed by atoms with E-state index in [1.165, 1.54) is 12.1 Å². The quantitative estimate of drug-likeness (QED) is 0.748. The van der Waals surface area contributed by atoms with Crippen LogP contribution in [-0.2, 0) is 9.47 Å². The molecule has 1 aromatic carbocycles. The highest BCUT2D eigenvalue weighted by Crippen LogP contribution is 2.20. The van der Waals surface area contributed by atoms with Gasteiger partial charge in [-0.3, -0.25) is 4.79 Å². The molecule has 1 fully saturated rings. The van der Waals surface area contributed by atoms with Crippen LogP contribution in [0.3, 0.4) is 0 Å². The van der Waals surface area contributed by atoms with Crippen LogP contribution in [0, 0.1) is 5.82 Å². The first-order chi connectivity index (χ1) is 7.68. The third-order valence-electron chi connectivity index (χ3n) is 2.30. The number of hydrogen-bond acceptors (Lipinski definition) is 3. The van der Waals surface area contributed by atoms with Gasteiger partial charge in [-0.05, 0) is 18.2 Å². The molecule has 5 heteroatoms. The Morgan fingerprint density at radius 1 is 1.44 bits per heavy atom. The van der Waals surface area contributed by atoms with Crippen LogP contribution < -0.4 is 0 Å². The Kier molecular flexibility index (Phi) is 3.53. The van der Waals surface area contributed by atoms with Crippen molar-refractivity contribution in [1.82, 2.24) is 0 Å². The molecule has 1 aromatic rings. The van der Waals surface area contributed by atoms with E-state index in [0.29, 0.717) is 13.2 Å². The number of ether oxygens (including phenoxy) is 2. The Bertz CT molecular complexity index is 402. The number of carbonyl (C=O) groups excluding carboxylic acids is 1. The number of hydrogen-bond donors (Lipinski definition) is 0. The lowest BCUT2D eigenvalue weighted by atomic mass is 10.1. The lowest BCUT2D eigenvalue weighted by Gasteiger charge is -2.22. The lowest BCUT2D eigenvalue weighted by Crippen LogP contribution is -2.35. The molecular formula is C11H10ClFO3. The largest absolute Gasteiger partial charge is 0.376 e. The summed E-state index contributed by atoms with van der Waals surface area (Å²) in [5.74, 6) is -0.839. The third kappa shape index (κ3) is 2.40. The summed E-state index contributed by atoms with van der Waals surface area (Å²) in [6, 6.07) is 3.67. The predicted molar refractivity (Wildman–Crippen MR) is 56.3 cm³/mol. The normalized spacial score (nSPS) is 20.8. The maximum Gasteiger partial charge on any atom is 0.195 e. The molecule has 0 radical (unpaired) electrons. The Balaban J connectivity index is 2.22. The van der Waals surface area contributed by atoms with Gasteiger partial charge in [0.05, 0.1) is 24.8 Å². The summed E-state index contributed by atoms with van der Waals surface area (Å²) in [6.45, 7) is 1.02. The predicted octanol–water partition coefficient (Wildman–Crippen LogP) is 2.08. The molecule has 2 rings (SSSR count). The van der Waals surface area contributed by atoms with Gasteiger partial charge in [-0.1, -0.05) is 11.6 Å². The van der Waals surface area contributed by atoms with Crippen LogP contribution >= 0.6 is 11.6 Å². The Labute approximate surface area is 97.1 Å². The van der Waals surface area contributed by atoms with Gasteiger partial charge in [0.25, 0.3) is 0 Å². The van der Waals surface area contributed by atoms with E-state index in [-0.39, 0.29) is 23.0 Å². The van der Waals surface area contributed by atoms with Crippen LogP contribution in [-0.4, -0.2) is 31.7 Å². The molecule has 1 unspecified atom stereocenters. The van der Waals surface area contributed by atoms with E-state index in [9.17, 15) is 9.18 Å². The molecule has 1 aliphatic rings. The maximum atomic E-state index is 13.0. The number of ketones is 1. The van der Waals surface area contributed by atoms with Gasteiger partial charge in [-0.15, -0.1) is 0 Å². The fourth-order valence-electron chi connectivity index (χ4n) is 1.50. The standard InChI is InChI=1S/C11H10ClFO3/c12-9-2-1-7(13)5-8(9)11(14)10-6-15-3-4-16-10/h1-2,5,10H,3-4,6H2. The fourth-order valence-corrected chi connectivity index (χ4v) is 1.71. The summed E-state index contributed by atoms with van der Waals surface area (Å²) >= 11 is 5.83. The van der Waals surface area contributed by atoms with Crippen molar-refractivity contribution in [1.29, 1.82) is 0 Å². The summed E-state index contributed by atoms with van der Waals surface area (Å²) in [5, 5.41) is 0.223. The van der Waals surface area contributed by atoms with Gasteiger partial charge in [-0.2, -0.15) is 0 Å². The lowest BCUT2D eigenvalue weighted by molar-refractivity contribution is -0.0719. The minimum Gasteiger partial charge on any atom is -0.376 e. The summed E-state index contributed by atoms with van der Waals surface area (Å²) in [4.78, 5) is 11.9. The van der Waals surface area contributed by atoms with Crippen LogP contribution in [0.1, 0.15) is 10.4 Å². The number of benzene rings is 1. The second kappa shape index (κ2) is 4.91. The first kappa shape index (κ1) is 11.5. The van der Waals surface area contributed by atoms with E-state index < -0.39 is 11.9 Å². The van der Waals surface area contributed by atoms with Gasteiger partial charge in [0.2, 0.25) is 0 Å². The van der Waals surface area contributed by atoms with Gasteiger partial charge in [0.15, 0.2) is 5.78 Å². The Morgan fingerprint density at radius 2 is 2.25 bits per heavy atom. The SMILES string of the molecule is O=C(c1cc(F)ccc1Cl)C1COCCO1. The second-order valence-electron chi connectivity index (χ2n) is 3.42. The molecule has 0 aromatic heterocycles. The molecule has 16 heavy (non-hydrogen) atoms. The van der Waals surface area contributed by atoms with E-state index in [2.05, 4.69) is 0 Å². The van der Waals surface area contributed by atoms with Gasteiger partial charge >= 0.3 is 0 Å². The van der Waals surface area contributed by atoms with Gasteiger partial charge in [0.1, 0.15) is 11.9 Å². The Morgan fingerprint density at radius 3 is 2.94 bits per heavy atom. The molecule has 0 bridgehead atoms. The first-order valence-corrected chi connectivity index (χ1v) is 5.25. The van der Waals surface area contributed by atoms with Crippen molar-refractivity contribution in [3.8, 4) is 0 Å². The molecule has 1 aliphatic heterocycles. The molecule has 86 valence electrons.